The van der Waals surface area contributed by atoms with Crippen LogP contribution in [0, 0.1) is 24.1 Å². The van der Waals surface area contributed by atoms with E-state index in [1.165, 1.54) is 12.1 Å². The molecule has 0 saturated carbocycles. The number of aromatic nitrogens is 2. The van der Waals surface area contributed by atoms with Crippen LogP contribution in [0.15, 0.2) is 60.3 Å². The highest BCUT2D eigenvalue weighted by Crippen LogP contribution is 2.40. The van der Waals surface area contributed by atoms with Crippen LogP contribution in [0.4, 0.5) is 4.39 Å². The standard InChI is InChI=1S/C26H19ClFN3O2/c1-14(12-29)24-20-5-3-16(9-17(20)13-33-22-11-19(28)4-6-21(22)24)26(32)25-15(2)30-23-10-18(27)7-8-31(23)25/h3-11,26,32H,13H2,1-2H3. The summed E-state index contributed by atoms with van der Waals surface area (Å²) in [6.07, 6.45) is 0.837. The van der Waals surface area contributed by atoms with Crippen LogP contribution in [0.2, 0.25) is 5.02 Å². The van der Waals surface area contributed by atoms with Crippen molar-refractivity contribution in [3.8, 4) is 11.8 Å². The van der Waals surface area contributed by atoms with Crippen molar-refractivity contribution < 1.29 is 14.2 Å². The first kappa shape index (κ1) is 21.2. The molecule has 0 amide bonds. The van der Waals surface area contributed by atoms with Gasteiger partial charge in [-0.25, -0.2) is 9.37 Å². The molecule has 1 aliphatic rings. The fraction of sp³-hybridized carbons (Fsp3) is 0.154. The zero-order valence-electron chi connectivity index (χ0n) is 17.9. The number of halogens is 2. The summed E-state index contributed by atoms with van der Waals surface area (Å²) in [6.45, 7) is 3.75. The lowest BCUT2D eigenvalue weighted by molar-refractivity contribution is 0.213. The Kier molecular flexibility index (Phi) is 5.16. The summed E-state index contributed by atoms with van der Waals surface area (Å²) >= 11 is 6.09. The number of ether oxygens (including phenoxy) is 1. The van der Waals surface area contributed by atoms with Crippen molar-refractivity contribution in [2.45, 2.75) is 26.6 Å². The van der Waals surface area contributed by atoms with Gasteiger partial charge in [-0.05, 0) is 54.8 Å². The van der Waals surface area contributed by atoms with Crippen LogP contribution in [0.1, 0.15) is 46.7 Å². The van der Waals surface area contributed by atoms with Crippen molar-refractivity contribution in [1.29, 1.82) is 5.26 Å². The molecular weight excluding hydrogens is 441 g/mol. The zero-order chi connectivity index (χ0) is 23.3. The molecule has 1 N–H and O–H groups in total. The van der Waals surface area contributed by atoms with Crippen molar-refractivity contribution in [2.24, 2.45) is 0 Å². The molecule has 0 bridgehead atoms. The average molecular weight is 460 g/mol. The number of hydrogen-bond acceptors (Lipinski definition) is 4. The minimum Gasteiger partial charge on any atom is -0.488 e. The molecule has 5 nitrogen and oxygen atoms in total. The number of hydrogen-bond donors (Lipinski definition) is 1. The Hall–Kier alpha value is -3.66. The Bertz CT molecular complexity index is 1500. The van der Waals surface area contributed by atoms with Crippen LogP contribution >= 0.6 is 11.6 Å². The van der Waals surface area contributed by atoms with E-state index in [0.717, 1.165) is 11.1 Å². The van der Waals surface area contributed by atoms with Gasteiger partial charge in [-0.3, -0.25) is 0 Å². The van der Waals surface area contributed by atoms with Crippen LogP contribution in [-0.2, 0) is 6.61 Å². The largest absolute Gasteiger partial charge is 0.488 e. The molecule has 0 spiro atoms. The lowest BCUT2D eigenvalue weighted by Gasteiger charge is -2.16. The summed E-state index contributed by atoms with van der Waals surface area (Å²) in [7, 11) is 0. The summed E-state index contributed by atoms with van der Waals surface area (Å²) in [5.74, 6) is -0.0274. The van der Waals surface area contributed by atoms with E-state index in [-0.39, 0.29) is 6.61 Å². The second kappa shape index (κ2) is 8.04. The maximum Gasteiger partial charge on any atom is 0.138 e. The molecule has 0 saturated heterocycles. The van der Waals surface area contributed by atoms with E-state index in [9.17, 15) is 14.8 Å². The molecular formula is C26H19ClFN3O2. The second-order valence-corrected chi connectivity index (χ2v) is 8.45. The van der Waals surface area contributed by atoms with Gasteiger partial charge in [-0.15, -0.1) is 0 Å². The van der Waals surface area contributed by atoms with Gasteiger partial charge >= 0.3 is 0 Å². The first-order valence-corrected chi connectivity index (χ1v) is 10.7. The quantitative estimate of drug-likeness (QED) is 0.387. The summed E-state index contributed by atoms with van der Waals surface area (Å²) in [4.78, 5) is 4.52. The van der Waals surface area contributed by atoms with E-state index in [0.29, 0.717) is 50.1 Å². The maximum atomic E-state index is 13.9. The van der Waals surface area contributed by atoms with Gasteiger partial charge in [0.25, 0.3) is 0 Å². The van der Waals surface area contributed by atoms with E-state index in [2.05, 4.69) is 11.1 Å². The minimum atomic E-state index is -0.945. The number of fused-ring (bicyclic) bond motifs is 3. The van der Waals surface area contributed by atoms with Crippen LogP contribution in [-0.4, -0.2) is 14.5 Å². The molecule has 7 heteroatoms. The summed E-state index contributed by atoms with van der Waals surface area (Å²) in [6, 6.07) is 15.6. The van der Waals surface area contributed by atoms with Crippen LogP contribution in [0.3, 0.4) is 0 Å². The Balaban J connectivity index is 1.64. The fourth-order valence-corrected chi connectivity index (χ4v) is 4.53. The Labute approximate surface area is 195 Å². The maximum absolute atomic E-state index is 13.9. The number of allylic oxidation sites excluding steroid dienone is 1. The number of nitriles is 1. The summed E-state index contributed by atoms with van der Waals surface area (Å²) < 4.78 is 21.6. The smallest absolute Gasteiger partial charge is 0.138 e. The van der Waals surface area contributed by atoms with E-state index in [1.807, 2.05) is 29.5 Å². The van der Waals surface area contributed by atoms with Gasteiger partial charge in [-0.2, -0.15) is 5.26 Å². The number of imidazole rings is 1. The van der Waals surface area contributed by atoms with E-state index in [4.69, 9.17) is 16.3 Å². The number of aliphatic hydroxyl groups excluding tert-OH is 1. The molecule has 1 aliphatic heterocycles. The van der Waals surface area contributed by atoms with Crippen molar-refractivity contribution in [1.82, 2.24) is 9.38 Å². The van der Waals surface area contributed by atoms with Crippen molar-refractivity contribution in [3.05, 3.63) is 105 Å². The molecule has 33 heavy (non-hydrogen) atoms. The molecule has 0 fully saturated rings. The fourth-order valence-electron chi connectivity index (χ4n) is 4.37. The van der Waals surface area contributed by atoms with Gasteiger partial charge in [-0.1, -0.05) is 23.7 Å². The van der Waals surface area contributed by atoms with Crippen molar-refractivity contribution in [2.75, 3.05) is 0 Å². The molecule has 164 valence electrons. The Morgan fingerprint density at radius 2 is 2.00 bits per heavy atom. The highest BCUT2D eigenvalue weighted by molar-refractivity contribution is 6.30. The third-order valence-electron chi connectivity index (χ3n) is 5.92. The van der Waals surface area contributed by atoms with Crippen molar-refractivity contribution in [3.63, 3.8) is 0 Å². The summed E-state index contributed by atoms with van der Waals surface area (Å²) in [5, 5.41) is 21.5. The molecule has 5 rings (SSSR count). The number of nitrogens with zero attached hydrogens (tertiary/aromatic N) is 3. The molecule has 3 heterocycles. The average Bonchev–Trinajstić information content (AvgIpc) is 3.03. The predicted molar refractivity (Wildman–Crippen MR) is 123 cm³/mol. The molecule has 4 aromatic rings. The van der Waals surface area contributed by atoms with Crippen LogP contribution < -0.4 is 4.74 Å². The molecule has 0 aliphatic carbocycles. The molecule has 0 radical (unpaired) electrons. The highest BCUT2D eigenvalue weighted by atomic mass is 35.5. The molecule has 1 atom stereocenters. The number of aryl methyl sites for hydroxylation is 1. The Morgan fingerprint density at radius 3 is 2.79 bits per heavy atom. The van der Waals surface area contributed by atoms with Crippen LogP contribution in [0.5, 0.6) is 5.75 Å². The SMILES string of the molecule is CC(C#N)=C1c2ccc(C(O)c3c(C)nc4cc(Cl)ccn34)cc2COc2cc(F)ccc21. The van der Waals surface area contributed by atoms with Gasteiger partial charge in [0.2, 0.25) is 0 Å². The monoisotopic (exact) mass is 459 g/mol. The predicted octanol–water partition coefficient (Wildman–Crippen LogP) is 5.75. The van der Waals surface area contributed by atoms with E-state index in [1.54, 1.807) is 31.3 Å². The number of aliphatic hydroxyl groups is 1. The zero-order valence-corrected chi connectivity index (χ0v) is 18.7. The van der Waals surface area contributed by atoms with Gasteiger partial charge < -0.3 is 14.2 Å². The number of rotatable bonds is 2. The van der Waals surface area contributed by atoms with Gasteiger partial charge in [0.05, 0.1) is 17.5 Å². The lowest BCUT2D eigenvalue weighted by atomic mass is 9.89. The van der Waals surface area contributed by atoms with Gasteiger partial charge in [0.15, 0.2) is 0 Å². The first-order valence-electron chi connectivity index (χ1n) is 10.4. The van der Waals surface area contributed by atoms with Gasteiger partial charge in [0, 0.05) is 40.1 Å². The number of pyridine rings is 1. The Morgan fingerprint density at radius 1 is 1.21 bits per heavy atom. The second-order valence-electron chi connectivity index (χ2n) is 8.02. The van der Waals surface area contributed by atoms with Crippen molar-refractivity contribution >= 4 is 22.8 Å². The van der Waals surface area contributed by atoms with E-state index >= 15 is 0 Å². The van der Waals surface area contributed by atoms with E-state index < -0.39 is 11.9 Å². The number of benzene rings is 2. The topological polar surface area (TPSA) is 70.5 Å². The summed E-state index contributed by atoms with van der Waals surface area (Å²) in [5.41, 5.74) is 6.11. The van der Waals surface area contributed by atoms with Crippen LogP contribution in [0.25, 0.3) is 11.2 Å². The third kappa shape index (κ3) is 3.56. The third-order valence-corrected chi connectivity index (χ3v) is 6.16. The highest BCUT2D eigenvalue weighted by Gasteiger charge is 2.25. The lowest BCUT2D eigenvalue weighted by Crippen LogP contribution is -2.07. The first-order chi connectivity index (χ1) is 15.9. The normalized spacial score (nSPS) is 15.2. The molecule has 2 aromatic heterocycles. The molecule has 1 unspecified atom stereocenters. The van der Waals surface area contributed by atoms with Gasteiger partial charge in [0.1, 0.15) is 29.9 Å². The minimum absolute atomic E-state index is 0.177. The molecule has 2 aromatic carbocycles.